The highest BCUT2D eigenvalue weighted by molar-refractivity contribution is 7.16. The zero-order valence-electron chi connectivity index (χ0n) is 10.8. The molecule has 3 aromatic rings. The number of para-hydroxylation sites is 1. The van der Waals surface area contributed by atoms with E-state index >= 15 is 0 Å². The van der Waals surface area contributed by atoms with Crippen molar-refractivity contribution < 1.29 is 4.79 Å². The Morgan fingerprint density at radius 3 is 3.10 bits per heavy atom. The summed E-state index contributed by atoms with van der Waals surface area (Å²) in [5.41, 5.74) is 2.79. The van der Waals surface area contributed by atoms with Crippen LogP contribution in [0.5, 0.6) is 0 Å². The summed E-state index contributed by atoms with van der Waals surface area (Å²) in [6, 6.07) is 7.80. The summed E-state index contributed by atoms with van der Waals surface area (Å²) in [5.74, 6) is -0.102. The standard InChI is InChI=1S/C15H13N3OS/c19-14(10-8-16-11-5-2-1-4-9(10)11)18-15-17-12-6-3-7-13(12)20-15/h1-2,4-5,8,16H,3,6-7H2,(H,17,18,19). The van der Waals surface area contributed by atoms with Gasteiger partial charge in [0.1, 0.15) is 0 Å². The maximum atomic E-state index is 12.4. The Morgan fingerprint density at radius 1 is 1.30 bits per heavy atom. The van der Waals surface area contributed by atoms with Crippen LogP contribution in [0.15, 0.2) is 30.5 Å². The fourth-order valence-electron chi connectivity index (χ4n) is 2.67. The molecule has 1 aliphatic rings. The Labute approximate surface area is 119 Å². The van der Waals surface area contributed by atoms with Crippen LogP contribution >= 0.6 is 11.3 Å². The molecule has 0 atom stereocenters. The molecule has 0 fully saturated rings. The number of anilines is 1. The summed E-state index contributed by atoms with van der Waals surface area (Å²) in [4.78, 5) is 21.3. The number of rotatable bonds is 2. The molecule has 5 heteroatoms. The van der Waals surface area contributed by atoms with Crippen LogP contribution in [0.2, 0.25) is 0 Å². The molecule has 0 spiro atoms. The van der Waals surface area contributed by atoms with E-state index in [-0.39, 0.29) is 5.91 Å². The van der Waals surface area contributed by atoms with Gasteiger partial charge in [-0.15, -0.1) is 11.3 Å². The molecule has 2 heterocycles. The Kier molecular flexibility index (Phi) is 2.60. The number of nitrogens with zero attached hydrogens (tertiary/aromatic N) is 1. The van der Waals surface area contributed by atoms with Crippen molar-refractivity contribution in [2.24, 2.45) is 0 Å². The monoisotopic (exact) mass is 283 g/mol. The number of carbonyl (C=O) groups excluding carboxylic acids is 1. The van der Waals surface area contributed by atoms with Crippen LogP contribution in [0.3, 0.4) is 0 Å². The topological polar surface area (TPSA) is 57.8 Å². The van der Waals surface area contributed by atoms with Crippen LogP contribution in [-0.2, 0) is 12.8 Å². The highest BCUT2D eigenvalue weighted by Gasteiger charge is 2.19. The molecule has 0 unspecified atom stereocenters. The van der Waals surface area contributed by atoms with Crippen LogP contribution in [0.1, 0.15) is 27.3 Å². The minimum absolute atomic E-state index is 0.102. The van der Waals surface area contributed by atoms with Crippen LogP contribution < -0.4 is 5.32 Å². The fraction of sp³-hybridized carbons (Fsp3) is 0.200. The molecule has 0 bridgehead atoms. The molecule has 0 saturated heterocycles. The van der Waals surface area contributed by atoms with E-state index in [0.29, 0.717) is 10.7 Å². The van der Waals surface area contributed by atoms with Gasteiger partial charge >= 0.3 is 0 Å². The number of aromatic amines is 1. The Hall–Kier alpha value is -2.14. The maximum absolute atomic E-state index is 12.4. The van der Waals surface area contributed by atoms with Gasteiger partial charge < -0.3 is 4.98 Å². The summed E-state index contributed by atoms with van der Waals surface area (Å²) in [6.07, 6.45) is 5.07. The summed E-state index contributed by atoms with van der Waals surface area (Å²) in [5, 5.41) is 4.57. The Bertz CT molecular complexity index is 781. The molecule has 1 amide bonds. The van der Waals surface area contributed by atoms with Gasteiger partial charge in [-0.1, -0.05) is 18.2 Å². The van der Waals surface area contributed by atoms with Crippen molar-refractivity contribution in [3.63, 3.8) is 0 Å². The van der Waals surface area contributed by atoms with Crippen molar-refractivity contribution in [1.82, 2.24) is 9.97 Å². The summed E-state index contributed by atoms with van der Waals surface area (Å²) < 4.78 is 0. The number of carbonyl (C=O) groups is 1. The molecule has 0 radical (unpaired) electrons. The molecule has 0 saturated carbocycles. The first-order valence-corrected chi connectivity index (χ1v) is 7.49. The van der Waals surface area contributed by atoms with Gasteiger partial charge in [0.2, 0.25) is 0 Å². The van der Waals surface area contributed by atoms with Crippen molar-refractivity contribution >= 4 is 33.3 Å². The quantitative estimate of drug-likeness (QED) is 0.757. The number of amides is 1. The van der Waals surface area contributed by atoms with E-state index < -0.39 is 0 Å². The van der Waals surface area contributed by atoms with E-state index in [1.165, 1.54) is 11.3 Å². The highest BCUT2D eigenvalue weighted by atomic mass is 32.1. The lowest BCUT2D eigenvalue weighted by atomic mass is 10.2. The molecule has 20 heavy (non-hydrogen) atoms. The molecule has 100 valence electrons. The Balaban J connectivity index is 1.63. The van der Waals surface area contributed by atoms with Crippen molar-refractivity contribution in [3.05, 3.63) is 46.6 Å². The lowest BCUT2D eigenvalue weighted by Crippen LogP contribution is -2.11. The first kappa shape index (κ1) is 11.7. The molecule has 2 aromatic heterocycles. The van der Waals surface area contributed by atoms with Gasteiger partial charge in [0.25, 0.3) is 5.91 Å². The highest BCUT2D eigenvalue weighted by Crippen LogP contribution is 2.31. The van der Waals surface area contributed by atoms with E-state index in [9.17, 15) is 4.79 Å². The summed E-state index contributed by atoms with van der Waals surface area (Å²) >= 11 is 1.60. The zero-order valence-corrected chi connectivity index (χ0v) is 11.6. The Morgan fingerprint density at radius 2 is 2.20 bits per heavy atom. The molecule has 1 aromatic carbocycles. The van der Waals surface area contributed by atoms with Crippen LogP contribution in [0.25, 0.3) is 10.9 Å². The van der Waals surface area contributed by atoms with Crippen molar-refractivity contribution in [3.8, 4) is 0 Å². The number of aryl methyl sites for hydroxylation is 2. The van der Waals surface area contributed by atoms with Crippen LogP contribution in [-0.4, -0.2) is 15.9 Å². The molecule has 0 aliphatic heterocycles. The number of nitrogens with one attached hydrogen (secondary N) is 2. The number of aromatic nitrogens is 2. The van der Waals surface area contributed by atoms with Crippen molar-refractivity contribution in [2.75, 3.05) is 5.32 Å². The van der Waals surface area contributed by atoms with E-state index in [1.807, 2.05) is 24.3 Å². The van der Waals surface area contributed by atoms with E-state index in [1.54, 1.807) is 17.5 Å². The largest absolute Gasteiger partial charge is 0.360 e. The lowest BCUT2D eigenvalue weighted by Gasteiger charge is -2.00. The average molecular weight is 283 g/mol. The van der Waals surface area contributed by atoms with E-state index in [4.69, 9.17) is 0 Å². The number of hydrogen-bond acceptors (Lipinski definition) is 3. The number of H-pyrrole nitrogens is 1. The fourth-order valence-corrected chi connectivity index (χ4v) is 3.71. The van der Waals surface area contributed by atoms with Gasteiger partial charge in [-0.05, 0) is 25.3 Å². The van der Waals surface area contributed by atoms with Crippen molar-refractivity contribution in [2.45, 2.75) is 19.3 Å². The van der Waals surface area contributed by atoms with Gasteiger partial charge in [0.15, 0.2) is 5.13 Å². The third-order valence-corrected chi connectivity index (χ3v) is 4.72. The van der Waals surface area contributed by atoms with Gasteiger partial charge in [0, 0.05) is 22.0 Å². The second kappa shape index (κ2) is 4.45. The molecule has 4 nitrogen and oxygen atoms in total. The van der Waals surface area contributed by atoms with Crippen LogP contribution in [0.4, 0.5) is 5.13 Å². The first-order valence-electron chi connectivity index (χ1n) is 6.67. The predicted molar refractivity (Wildman–Crippen MR) is 80.4 cm³/mol. The molecular formula is C15H13N3OS. The van der Waals surface area contributed by atoms with E-state index in [0.717, 1.165) is 29.4 Å². The number of hydrogen-bond donors (Lipinski definition) is 2. The SMILES string of the molecule is O=C(Nc1nc2c(s1)CCC2)c1c[nH]c2ccccc12. The second-order valence-electron chi connectivity index (χ2n) is 4.94. The normalized spacial score (nSPS) is 13.6. The smallest absolute Gasteiger partial charge is 0.259 e. The number of fused-ring (bicyclic) bond motifs is 2. The van der Waals surface area contributed by atoms with Crippen LogP contribution in [0, 0.1) is 0 Å². The summed E-state index contributed by atoms with van der Waals surface area (Å²) in [6.45, 7) is 0. The molecule has 4 rings (SSSR count). The minimum Gasteiger partial charge on any atom is -0.360 e. The average Bonchev–Trinajstić information content (AvgIpc) is 3.10. The number of benzene rings is 1. The van der Waals surface area contributed by atoms with Gasteiger partial charge in [0.05, 0.1) is 11.3 Å². The van der Waals surface area contributed by atoms with Gasteiger partial charge in [-0.2, -0.15) is 0 Å². The van der Waals surface area contributed by atoms with Gasteiger partial charge in [-0.25, -0.2) is 4.98 Å². The van der Waals surface area contributed by atoms with E-state index in [2.05, 4.69) is 15.3 Å². The molecule has 2 N–H and O–H groups in total. The number of thiazole rings is 1. The molecule has 1 aliphatic carbocycles. The maximum Gasteiger partial charge on any atom is 0.259 e. The zero-order chi connectivity index (χ0) is 13.5. The third kappa shape index (κ3) is 1.82. The predicted octanol–water partition coefficient (Wildman–Crippen LogP) is 3.37. The lowest BCUT2D eigenvalue weighted by molar-refractivity contribution is 0.102. The van der Waals surface area contributed by atoms with Crippen molar-refractivity contribution in [1.29, 1.82) is 0 Å². The molecular weight excluding hydrogens is 270 g/mol. The first-order chi connectivity index (χ1) is 9.81. The second-order valence-corrected chi connectivity index (χ2v) is 6.03. The minimum atomic E-state index is -0.102. The van der Waals surface area contributed by atoms with Gasteiger partial charge in [-0.3, -0.25) is 10.1 Å². The summed E-state index contributed by atoms with van der Waals surface area (Å²) in [7, 11) is 0. The third-order valence-electron chi connectivity index (χ3n) is 3.65.